The van der Waals surface area contributed by atoms with Crippen molar-refractivity contribution in [2.45, 2.75) is 56.8 Å². The van der Waals surface area contributed by atoms with Crippen LogP contribution in [0.25, 0.3) is 22.2 Å². The highest BCUT2D eigenvalue weighted by Gasteiger charge is 2.27. The number of fused-ring (bicyclic) bond motifs is 1. The minimum Gasteiger partial charge on any atom is -0.492 e. The maximum absolute atomic E-state index is 12.5. The highest BCUT2D eigenvalue weighted by Crippen LogP contribution is 2.39. The normalized spacial score (nSPS) is 15.3. The first-order valence-corrected chi connectivity index (χ1v) is 15.4. The number of carbonyl (C=O) groups excluding carboxylic acids is 1. The minimum atomic E-state index is -3.77. The van der Waals surface area contributed by atoms with Gasteiger partial charge in [-0.05, 0) is 67.9 Å². The second-order valence-electron chi connectivity index (χ2n) is 10.6. The molecule has 2 aliphatic carbocycles. The van der Waals surface area contributed by atoms with Crippen LogP contribution in [-0.2, 0) is 16.4 Å². The molecule has 2 saturated carbocycles. The van der Waals surface area contributed by atoms with Crippen LogP contribution in [0.2, 0.25) is 0 Å². The number of nitrogens with one attached hydrogen (secondary N) is 2. The minimum absolute atomic E-state index is 0.0979. The highest BCUT2D eigenvalue weighted by molar-refractivity contribution is 7.91. The number of urea groups is 1. The number of amides is 2. The summed E-state index contributed by atoms with van der Waals surface area (Å²) in [4.78, 5) is 12.3. The number of hydrogen-bond acceptors (Lipinski definition) is 8. The Bertz CT molecular complexity index is 1740. The Labute approximate surface area is 237 Å². The number of nitriles is 1. The Kier molecular flexibility index (Phi) is 7.13. The summed E-state index contributed by atoms with van der Waals surface area (Å²) in [5, 5.41) is 23.6. The van der Waals surface area contributed by atoms with Crippen molar-refractivity contribution in [1.82, 2.24) is 20.1 Å². The van der Waals surface area contributed by atoms with E-state index in [-0.39, 0.29) is 30.3 Å². The summed E-state index contributed by atoms with van der Waals surface area (Å²) >= 11 is 0. The van der Waals surface area contributed by atoms with E-state index in [9.17, 15) is 18.5 Å². The lowest BCUT2D eigenvalue weighted by Gasteiger charge is -2.26. The van der Waals surface area contributed by atoms with E-state index in [0.717, 1.165) is 60.8 Å². The van der Waals surface area contributed by atoms with Crippen LogP contribution in [0, 0.1) is 24.2 Å². The monoisotopic (exact) mass is 574 g/mol. The molecule has 4 aromatic rings. The van der Waals surface area contributed by atoms with Crippen LogP contribution in [0.4, 0.5) is 10.5 Å². The predicted octanol–water partition coefficient (Wildman–Crippen LogP) is 4.81. The Morgan fingerprint density at radius 2 is 1.93 bits per heavy atom. The zero-order valence-corrected chi connectivity index (χ0v) is 23.4. The molecule has 2 aliphatic rings. The van der Waals surface area contributed by atoms with Gasteiger partial charge in [0.05, 0.1) is 22.5 Å². The molecular formula is C29H30N6O5S. The van der Waals surface area contributed by atoms with Crippen LogP contribution in [0.5, 0.6) is 5.75 Å². The van der Waals surface area contributed by atoms with E-state index < -0.39 is 15.1 Å². The first-order chi connectivity index (χ1) is 19.8. The van der Waals surface area contributed by atoms with Crippen molar-refractivity contribution in [3.63, 3.8) is 0 Å². The molecule has 41 heavy (non-hydrogen) atoms. The number of anilines is 1. The summed E-state index contributed by atoms with van der Waals surface area (Å²) in [5.41, 5.74) is 3.76. The molecule has 6 rings (SSSR count). The Hall–Kier alpha value is -4.37. The van der Waals surface area contributed by atoms with Crippen LogP contribution in [0.3, 0.4) is 0 Å². The smallest absolute Gasteiger partial charge is 0.335 e. The molecule has 2 N–H and O–H groups in total. The van der Waals surface area contributed by atoms with E-state index in [0.29, 0.717) is 22.9 Å². The number of aryl methyl sites for hydroxylation is 1. The van der Waals surface area contributed by atoms with Crippen LogP contribution < -0.4 is 15.4 Å². The van der Waals surface area contributed by atoms with Gasteiger partial charge >= 0.3 is 11.3 Å². The molecule has 212 valence electrons. The van der Waals surface area contributed by atoms with Crippen molar-refractivity contribution in [2.75, 3.05) is 17.7 Å². The van der Waals surface area contributed by atoms with Gasteiger partial charge in [0.1, 0.15) is 18.4 Å². The van der Waals surface area contributed by atoms with E-state index >= 15 is 0 Å². The molecule has 2 heterocycles. The van der Waals surface area contributed by atoms with Crippen LogP contribution in [0.15, 0.2) is 52.1 Å². The molecule has 11 nitrogen and oxygen atoms in total. The molecule has 2 amide bonds. The number of aromatic nitrogens is 3. The third-order valence-electron chi connectivity index (χ3n) is 7.54. The molecular weight excluding hydrogens is 544 g/mol. The van der Waals surface area contributed by atoms with Gasteiger partial charge in [0.2, 0.25) is 15.7 Å². The summed E-state index contributed by atoms with van der Waals surface area (Å²) in [5.74, 6) is 0.885. The average Bonchev–Trinajstić information content (AvgIpc) is 3.55. The van der Waals surface area contributed by atoms with E-state index in [1.807, 2.05) is 36.4 Å². The summed E-state index contributed by atoms with van der Waals surface area (Å²) < 4.78 is 38.0. The van der Waals surface area contributed by atoms with Gasteiger partial charge < -0.3 is 24.4 Å². The number of carbonyl (C=O) groups is 1. The van der Waals surface area contributed by atoms with Crippen LogP contribution in [0.1, 0.15) is 43.6 Å². The number of hydrogen-bond donors (Lipinski definition) is 2. The second-order valence-corrected chi connectivity index (χ2v) is 12.6. The zero-order valence-electron chi connectivity index (χ0n) is 22.6. The molecule has 0 atom stereocenters. The van der Waals surface area contributed by atoms with Gasteiger partial charge in [-0.3, -0.25) is 0 Å². The van der Waals surface area contributed by atoms with Crippen molar-refractivity contribution in [3.8, 4) is 23.1 Å². The average molecular weight is 575 g/mol. The number of rotatable bonds is 10. The third kappa shape index (κ3) is 5.76. The van der Waals surface area contributed by atoms with Gasteiger partial charge in [0.15, 0.2) is 0 Å². The summed E-state index contributed by atoms with van der Waals surface area (Å²) in [6.45, 7) is 2.18. The van der Waals surface area contributed by atoms with Crippen LogP contribution in [-0.4, -0.2) is 47.6 Å². The van der Waals surface area contributed by atoms with Gasteiger partial charge in [-0.1, -0.05) is 17.2 Å². The van der Waals surface area contributed by atoms with Crippen molar-refractivity contribution in [3.05, 3.63) is 53.9 Å². The predicted molar refractivity (Wildman–Crippen MR) is 151 cm³/mol. The van der Waals surface area contributed by atoms with Gasteiger partial charge in [-0.2, -0.15) is 5.26 Å². The van der Waals surface area contributed by atoms with Crippen LogP contribution >= 0.6 is 0 Å². The lowest BCUT2D eigenvalue weighted by atomic mass is 9.93. The molecule has 2 fully saturated rings. The number of ether oxygens (including phenoxy) is 1. The molecule has 12 heteroatoms. The van der Waals surface area contributed by atoms with Crippen molar-refractivity contribution >= 4 is 32.5 Å². The summed E-state index contributed by atoms with van der Waals surface area (Å²) in [6.07, 6.45) is 5.43. The van der Waals surface area contributed by atoms with E-state index in [4.69, 9.17) is 9.15 Å². The van der Waals surface area contributed by atoms with Crippen molar-refractivity contribution in [2.24, 2.45) is 5.92 Å². The van der Waals surface area contributed by atoms with Gasteiger partial charge in [-0.25, -0.2) is 13.2 Å². The largest absolute Gasteiger partial charge is 0.492 e. The summed E-state index contributed by atoms with van der Waals surface area (Å²) in [7, 11) is -3.77. The SMILES string of the molecule is Cc1nnc(S(=O)(=O)CCOc2ccc3c(C#N)c(-c4ccc(NC(=O)NC5CCC5)cc4)n(CC4CC4)c3c2)o1. The standard InChI is InChI=1S/C29H30N6O5S/c1-18-33-34-29(40-18)41(37,38)14-13-39-23-11-12-24-25(16-30)27(35(26(24)15-23)17-19-5-6-19)20-7-9-22(10-8-20)32-28(36)31-21-3-2-4-21/h7-12,15,19,21H,2-6,13-14,17H2,1H3,(H2,31,32,36). The quantitative estimate of drug-likeness (QED) is 0.274. The lowest BCUT2D eigenvalue weighted by Crippen LogP contribution is -2.41. The Balaban J connectivity index is 1.25. The first kappa shape index (κ1) is 26.8. The third-order valence-corrected chi connectivity index (χ3v) is 8.94. The van der Waals surface area contributed by atoms with Gasteiger partial charge in [-0.15, -0.1) is 5.10 Å². The molecule has 2 aromatic heterocycles. The number of sulfone groups is 1. The fraction of sp³-hybridized carbons (Fsp3) is 0.379. The Morgan fingerprint density at radius 3 is 2.56 bits per heavy atom. The van der Waals surface area contributed by atoms with Crippen molar-refractivity contribution in [1.29, 1.82) is 5.26 Å². The first-order valence-electron chi connectivity index (χ1n) is 13.7. The van der Waals surface area contributed by atoms with Crippen molar-refractivity contribution < 1.29 is 22.4 Å². The molecule has 0 saturated heterocycles. The lowest BCUT2D eigenvalue weighted by molar-refractivity contribution is 0.240. The topological polar surface area (TPSA) is 152 Å². The molecule has 0 unspecified atom stereocenters. The van der Waals surface area contributed by atoms with E-state index in [1.165, 1.54) is 6.92 Å². The highest BCUT2D eigenvalue weighted by atomic mass is 32.2. The second kappa shape index (κ2) is 10.9. The molecule has 0 radical (unpaired) electrons. The molecule has 0 bridgehead atoms. The summed E-state index contributed by atoms with van der Waals surface area (Å²) in [6, 6.07) is 15.4. The zero-order chi connectivity index (χ0) is 28.6. The van der Waals surface area contributed by atoms with Gasteiger partial charge in [0.25, 0.3) is 0 Å². The maximum atomic E-state index is 12.5. The fourth-order valence-corrected chi connectivity index (χ4v) is 5.85. The number of nitrogens with zero attached hydrogens (tertiary/aromatic N) is 4. The molecule has 0 aliphatic heterocycles. The molecule has 2 aromatic carbocycles. The molecule has 0 spiro atoms. The fourth-order valence-electron chi connectivity index (χ4n) is 4.96. The maximum Gasteiger partial charge on any atom is 0.335 e. The number of benzene rings is 2. The van der Waals surface area contributed by atoms with Gasteiger partial charge in [0, 0.05) is 36.7 Å². The van der Waals surface area contributed by atoms with E-state index in [1.54, 1.807) is 6.07 Å². The van der Waals surface area contributed by atoms with E-state index in [2.05, 4.69) is 31.5 Å². The Morgan fingerprint density at radius 1 is 1.15 bits per heavy atom.